The summed E-state index contributed by atoms with van der Waals surface area (Å²) < 4.78 is 2.14. The van der Waals surface area contributed by atoms with Crippen molar-refractivity contribution in [2.75, 3.05) is 0 Å². The normalized spacial score (nSPS) is 11.1. The average Bonchev–Trinajstić information content (AvgIpc) is 3.12. The summed E-state index contributed by atoms with van der Waals surface area (Å²) in [7, 11) is 0. The van der Waals surface area contributed by atoms with Gasteiger partial charge in [0.25, 0.3) is 0 Å². The van der Waals surface area contributed by atoms with Crippen molar-refractivity contribution >= 4 is 50.9 Å². The molecule has 1 amide bonds. The van der Waals surface area contributed by atoms with Gasteiger partial charge in [0.15, 0.2) is 0 Å². The van der Waals surface area contributed by atoms with Gasteiger partial charge in [-0.15, -0.1) is 0 Å². The Balaban J connectivity index is 1.80. The molecule has 0 bridgehead atoms. The van der Waals surface area contributed by atoms with Crippen molar-refractivity contribution in [1.29, 1.82) is 5.26 Å². The number of halogens is 2. The summed E-state index contributed by atoms with van der Waals surface area (Å²) in [6.45, 7) is 0.523. The third-order valence-corrected chi connectivity index (χ3v) is 6.34. The molecule has 4 nitrogen and oxygen atoms in total. The van der Waals surface area contributed by atoms with Crippen molar-refractivity contribution < 1.29 is 4.79 Å². The minimum Gasteiger partial charge on any atom is -0.366 e. The zero-order valence-corrected chi connectivity index (χ0v) is 18.9. The first-order valence-electron chi connectivity index (χ1n) is 10.3. The van der Waals surface area contributed by atoms with E-state index < -0.39 is 5.91 Å². The van der Waals surface area contributed by atoms with Gasteiger partial charge in [-0.1, -0.05) is 59.6 Å². The number of benzene rings is 4. The van der Waals surface area contributed by atoms with Crippen LogP contribution < -0.4 is 5.73 Å². The lowest BCUT2D eigenvalue weighted by Gasteiger charge is -2.10. The van der Waals surface area contributed by atoms with Crippen LogP contribution in [0.1, 0.15) is 21.5 Å². The highest BCUT2D eigenvalue weighted by Crippen LogP contribution is 2.37. The third-order valence-electron chi connectivity index (χ3n) is 5.80. The second-order valence-corrected chi connectivity index (χ2v) is 8.66. The largest absolute Gasteiger partial charge is 0.366 e. The highest BCUT2D eigenvalue weighted by molar-refractivity contribution is 6.36. The van der Waals surface area contributed by atoms with Crippen molar-refractivity contribution in [2.45, 2.75) is 6.54 Å². The van der Waals surface area contributed by atoms with Gasteiger partial charge in [0, 0.05) is 38.5 Å². The molecule has 0 unspecified atom stereocenters. The minimum atomic E-state index is -0.476. The molecule has 1 aromatic heterocycles. The SMILES string of the molecule is N#Cc1cccc(Cn2c3cc(-c4ccc(Cl)cc4Cl)ccc3c3c(C(N)=O)cccc32)c1. The number of hydrogen-bond acceptors (Lipinski definition) is 2. The van der Waals surface area contributed by atoms with Gasteiger partial charge in [-0.2, -0.15) is 5.26 Å². The molecule has 0 aliphatic rings. The fraction of sp³-hybridized carbons (Fsp3) is 0.0370. The van der Waals surface area contributed by atoms with Gasteiger partial charge in [-0.05, 0) is 53.6 Å². The number of hydrogen-bond donors (Lipinski definition) is 1. The quantitative estimate of drug-likeness (QED) is 0.314. The molecule has 6 heteroatoms. The Bertz CT molecular complexity index is 1610. The zero-order valence-electron chi connectivity index (χ0n) is 17.3. The lowest BCUT2D eigenvalue weighted by molar-refractivity contribution is 0.100. The highest BCUT2D eigenvalue weighted by Gasteiger charge is 2.18. The molecule has 5 aromatic rings. The molecule has 0 radical (unpaired) electrons. The molecule has 33 heavy (non-hydrogen) atoms. The number of carbonyl (C=O) groups is 1. The number of nitrogens with zero attached hydrogens (tertiary/aromatic N) is 2. The molecule has 1 heterocycles. The number of aromatic nitrogens is 1. The second-order valence-electron chi connectivity index (χ2n) is 7.82. The van der Waals surface area contributed by atoms with Crippen LogP contribution in [0.25, 0.3) is 32.9 Å². The number of fused-ring (bicyclic) bond motifs is 3. The molecule has 4 aromatic carbocycles. The Labute approximate surface area is 200 Å². The van der Waals surface area contributed by atoms with E-state index in [-0.39, 0.29) is 0 Å². The van der Waals surface area contributed by atoms with Crippen LogP contribution in [0.4, 0.5) is 0 Å². The predicted molar refractivity (Wildman–Crippen MR) is 134 cm³/mol. The molecule has 0 saturated carbocycles. The summed E-state index contributed by atoms with van der Waals surface area (Å²) in [5, 5.41) is 12.2. The van der Waals surface area contributed by atoms with Gasteiger partial charge in [-0.25, -0.2) is 0 Å². The van der Waals surface area contributed by atoms with Crippen LogP contribution in [0, 0.1) is 11.3 Å². The summed E-state index contributed by atoms with van der Waals surface area (Å²) in [6, 6.07) is 26.7. The Morgan fingerprint density at radius 2 is 1.76 bits per heavy atom. The van der Waals surface area contributed by atoms with Gasteiger partial charge < -0.3 is 10.3 Å². The molecule has 0 saturated heterocycles. The zero-order chi connectivity index (χ0) is 23.1. The number of nitriles is 1. The lowest BCUT2D eigenvalue weighted by Crippen LogP contribution is -2.11. The number of nitrogens with two attached hydrogens (primary N) is 1. The number of primary amides is 1. The van der Waals surface area contributed by atoms with E-state index in [1.165, 1.54) is 0 Å². The fourth-order valence-corrected chi connectivity index (χ4v) is 4.85. The Morgan fingerprint density at radius 1 is 0.939 bits per heavy atom. The summed E-state index contributed by atoms with van der Waals surface area (Å²) in [4.78, 5) is 12.2. The highest BCUT2D eigenvalue weighted by atomic mass is 35.5. The number of amides is 1. The van der Waals surface area contributed by atoms with Crippen LogP contribution in [-0.4, -0.2) is 10.5 Å². The van der Waals surface area contributed by atoms with E-state index in [2.05, 4.69) is 16.7 Å². The van der Waals surface area contributed by atoms with Gasteiger partial charge in [0.05, 0.1) is 22.7 Å². The molecular formula is C27H17Cl2N3O. The van der Waals surface area contributed by atoms with E-state index in [9.17, 15) is 10.1 Å². The maximum Gasteiger partial charge on any atom is 0.249 e. The lowest BCUT2D eigenvalue weighted by atomic mass is 10.0. The molecule has 5 rings (SSSR count). The first-order valence-corrected chi connectivity index (χ1v) is 11.0. The third kappa shape index (κ3) is 3.72. The monoisotopic (exact) mass is 469 g/mol. The maximum absolute atomic E-state index is 12.2. The fourth-order valence-electron chi connectivity index (χ4n) is 4.33. The van der Waals surface area contributed by atoms with Crippen molar-refractivity contribution in [3.63, 3.8) is 0 Å². The summed E-state index contributed by atoms with van der Waals surface area (Å²) >= 11 is 12.6. The summed E-state index contributed by atoms with van der Waals surface area (Å²) in [5.74, 6) is -0.476. The summed E-state index contributed by atoms with van der Waals surface area (Å²) in [5.41, 5.74) is 11.4. The van der Waals surface area contributed by atoms with Crippen LogP contribution in [0.15, 0.2) is 78.9 Å². The standard InChI is InChI=1S/C27H17Cl2N3O/c28-19-8-10-20(23(29)13-19)18-7-9-21-25(12-18)32(15-17-4-1-3-16(11-17)14-30)24-6-2-5-22(26(21)24)27(31)33/h1-13H,15H2,(H2,31,33). The molecule has 2 N–H and O–H groups in total. The number of rotatable bonds is 4. The average molecular weight is 470 g/mol. The Kier molecular flexibility index (Phi) is 5.30. The van der Waals surface area contributed by atoms with Crippen LogP contribution in [0.2, 0.25) is 10.0 Å². The van der Waals surface area contributed by atoms with Gasteiger partial charge in [-0.3, -0.25) is 4.79 Å². The van der Waals surface area contributed by atoms with Crippen LogP contribution in [0.5, 0.6) is 0 Å². The van der Waals surface area contributed by atoms with Crippen LogP contribution in [-0.2, 0) is 6.54 Å². The van der Waals surface area contributed by atoms with Crippen LogP contribution in [0.3, 0.4) is 0 Å². The molecule has 160 valence electrons. The van der Waals surface area contributed by atoms with E-state index in [4.69, 9.17) is 28.9 Å². The summed E-state index contributed by atoms with van der Waals surface area (Å²) in [6.07, 6.45) is 0. The smallest absolute Gasteiger partial charge is 0.249 e. The maximum atomic E-state index is 12.2. The predicted octanol–water partition coefficient (Wildman–Crippen LogP) is 6.79. The van der Waals surface area contributed by atoms with E-state index in [1.54, 1.807) is 24.3 Å². The molecule has 0 aliphatic carbocycles. The van der Waals surface area contributed by atoms with E-state index >= 15 is 0 Å². The van der Waals surface area contributed by atoms with E-state index in [1.807, 2.05) is 48.5 Å². The van der Waals surface area contributed by atoms with Crippen molar-refractivity contribution in [1.82, 2.24) is 4.57 Å². The van der Waals surface area contributed by atoms with Crippen molar-refractivity contribution in [3.8, 4) is 17.2 Å². The Hall–Kier alpha value is -3.78. The second kappa shape index (κ2) is 8.29. The Morgan fingerprint density at radius 3 is 2.52 bits per heavy atom. The molecule has 0 spiro atoms. The first kappa shape index (κ1) is 21.1. The molecular weight excluding hydrogens is 453 g/mol. The molecule has 0 atom stereocenters. The van der Waals surface area contributed by atoms with Crippen molar-refractivity contribution in [3.05, 3.63) is 106 Å². The number of carbonyl (C=O) groups excluding carboxylic acids is 1. The van der Waals surface area contributed by atoms with Gasteiger partial charge >= 0.3 is 0 Å². The minimum absolute atomic E-state index is 0.472. The molecule has 0 aliphatic heterocycles. The van der Waals surface area contributed by atoms with Crippen molar-refractivity contribution in [2.24, 2.45) is 5.73 Å². The van der Waals surface area contributed by atoms with Gasteiger partial charge in [0.2, 0.25) is 5.91 Å². The first-order chi connectivity index (χ1) is 16.0. The topological polar surface area (TPSA) is 71.8 Å². The molecule has 0 fully saturated rings. The van der Waals surface area contributed by atoms with Crippen LogP contribution >= 0.6 is 23.2 Å². The van der Waals surface area contributed by atoms with E-state index in [0.29, 0.717) is 27.7 Å². The van der Waals surface area contributed by atoms with Gasteiger partial charge in [0.1, 0.15) is 0 Å². The van der Waals surface area contributed by atoms with E-state index in [0.717, 1.165) is 38.5 Å².